The molecule has 6 nitrogen and oxygen atoms in total. The number of carbonyl (C=O) groups is 1. The molecule has 2 heterocycles. The lowest BCUT2D eigenvalue weighted by Gasteiger charge is -2.29. The highest BCUT2D eigenvalue weighted by Crippen LogP contribution is 2.24. The standard InChI is InChI=1S/C17H25N3O3/c1-5-6-7-9-20-15(12-21)13-11-19(10-8-14(13)18-20)16(22)23-17(2,3)4/h1,21H,6-12H2,2-4H3. The number of amides is 1. The van der Waals surface area contributed by atoms with Gasteiger partial charge >= 0.3 is 6.09 Å². The van der Waals surface area contributed by atoms with E-state index in [1.54, 1.807) is 4.90 Å². The Bertz CT molecular complexity index is 608. The number of aryl methyl sites for hydroxylation is 1. The van der Waals surface area contributed by atoms with Gasteiger partial charge in [-0.3, -0.25) is 4.68 Å². The van der Waals surface area contributed by atoms with Crippen LogP contribution in [-0.2, 0) is 30.9 Å². The van der Waals surface area contributed by atoms with E-state index < -0.39 is 5.60 Å². The Morgan fingerprint density at radius 2 is 2.22 bits per heavy atom. The summed E-state index contributed by atoms with van der Waals surface area (Å²) < 4.78 is 7.25. The summed E-state index contributed by atoms with van der Waals surface area (Å²) in [6, 6.07) is 0. The molecule has 1 N–H and O–H groups in total. The molecule has 0 bridgehead atoms. The molecular weight excluding hydrogens is 294 g/mol. The maximum atomic E-state index is 12.2. The van der Waals surface area contributed by atoms with Gasteiger partial charge in [0.15, 0.2) is 0 Å². The maximum absolute atomic E-state index is 12.2. The van der Waals surface area contributed by atoms with Crippen LogP contribution in [0.2, 0.25) is 0 Å². The number of carbonyl (C=O) groups excluding carboxylic acids is 1. The number of aliphatic hydroxyl groups is 1. The van der Waals surface area contributed by atoms with Gasteiger partial charge in [-0.2, -0.15) is 5.10 Å². The molecule has 0 atom stereocenters. The van der Waals surface area contributed by atoms with Gasteiger partial charge in [-0.1, -0.05) is 0 Å². The van der Waals surface area contributed by atoms with Gasteiger partial charge in [0.2, 0.25) is 0 Å². The minimum atomic E-state index is -0.517. The Morgan fingerprint density at radius 3 is 2.83 bits per heavy atom. The molecule has 0 unspecified atom stereocenters. The summed E-state index contributed by atoms with van der Waals surface area (Å²) in [7, 11) is 0. The minimum absolute atomic E-state index is 0.0967. The van der Waals surface area contributed by atoms with Crippen molar-refractivity contribution in [2.24, 2.45) is 0 Å². The predicted octanol–water partition coefficient (Wildman–Crippen LogP) is 2.08. The Hall–Kier alpha value is -2.00. The molecule has 0 saturated heterocycles. The van der Waals surface area contributed by atoms with Crippen molar-refractivity contribution in [3.05, 3.63) is 17.0 Å². The predicted molar refractivity (Wildman–Crippen MR) is 86.6 cm³/mol. The van der Waals surface area contributed by atoms with Crippen LogP contribution in [0.1, 0.15) is 50.6 Å². The third-order valence-corrected chi connectivity index (χ3v) is 3.71. The summed E-state index contributed by atoms with van der Waals surface area (Å²) in [6.45, 7) is 7.14. The molecule has 2 rings (SSSR count). The summed E-state index contributed by atoms with van der Waals surface area (Å²) in [5.74, 6) is 2.61. The van der Waals surface area contributed by atoms with Gasteiger partial charge in [-0.05, 0) is 27.2 Å². The van der Waals surface area contributed by atoms with E-state index in [-0.39, 0.29) is 12.7 Å². The minimum Gasteiger partial charge on any atom is -0.444 e. The van der Waals surface area contributed by atoms with E-state index in [1.165, 1.54) is 0 Å². The lowest BCUT2D eigenvalue weighted by molar-refractivity contribution is 0.0222. The summed E-state index contributed by atoms with van der Waals surface area (Å²) >= 11 is 0. The van der Waals surface area contributed by atoms with Crippen LogP contribution in [0.4, 0.5) is 4.79 Å². The average Bonchev–Trinajstić information content (AvgIpc) is 2.82. The molecule has 1 amide bonds. The molecule has 6 heteroatoms. The number of aromatic nitrogens is 2. The average molecular weight is 319 g/mol. The molecule has 126 valence electrons. The van der Waals surface area contributed by atoms with Crippen molar-refractivity contribution in [3.8, 4) is 12.3 Å². The molecular formula is C17H25N3O3. The monoisotopic (exact) mass is 319 g/mol. The molecule has 0 spiro atoms. The van der Waals surface area contributed by atoms with Gasteiger partial charge in [-0.15, -0.1) is 12.3 Å². The van der Waals surface area contributed by atoms with E-state index in [1.807, 2.05) is 25.5 Å². The van der Waals surface area contributed by atoms with Crippen molar-refractivity contribution in [3.63, 3.8) is 0 Å². The van der Waals surface area contributed by atoms with Crippen molar-refractivity contribution in [2.45, 2.75) is 65.3 Å². The molecule has 23 heavy (non-hydrogen) atoms. The molecule has 0 aromatic carbocycles. The lowest BCUT2D eigenvalue weighted by atomic mass is 10.1. The fourth-order valence-corrected chi connectivity index (χ4v) is 2.66. The Labute approximate surface area is 137 Å². The third kappa shape index (κ3) is 4.26. The van der Waals surface area contributed by atoms with Crippen LogP contribution in [0.25, 0.3) is 0 Å². The van der Waals surface area contributed by atoms with Crippen LogP contribution in [0.3, 0.4) is 0 Å². The van der Waals surface area contributed by atoms with Gasteiger partial charge < -0.3 is 14.7 Å². The molecule has 0 fully saturated rings. The molecule has 1 aliphatic heterocycles. The Balaban J connectivity index is 2.13. The fourth-order valence-electron chi connectivity index (χ4n) is 2.66. The summed E-state index contributed by atoms with van der Waals surface area (Å²) in [4.78, 5) is 13.9. The van der Waals surface area contributed by atoms with Crippen LogP contribution < -0.4 is 0 Å². The summed E-state index contributed by atoms with van der Waals surface area (Å²) in [6.07, 6.45) is 7.12. The van der Waals surface area contributed by atoms with Gasteiger partial charge in [0.1, 0.15) is 5.60 Å². The quantitative estimate of drug-likeness (QED) is 0.681. The van der Waals surface area contributed by atoms with Crippen molar-refractivity contribution in [2.75, 3.05) is 6.54 Å². The topological polar surface area (TPSA) is 67.6 Å². The van der Waals surface area contributed by atoms with E-state index in [4.69, 9.17) is 11.2 Å². The van der Waals surface area contributed by atoms with Crippen LogP contribution in [0, 0.1) is 12.3 Å². The normalized spacial score (nSPS) is 14.3. The van der Waals surface area contributed by atoms with Gasteiger partial charge in [0, 0.05) is 31.5 Å². The van der Waals surface area contributed by atoms with E-state index >= 15 is 0 Å². The van der Waals surface area contributed by atoms with Crippen LogP contribution in [0.5, 0.6) is 0 Å². The zero-order valence-corrected chi connectivity index (χ0v) is 14.1. The zero-order valence-electron chi connectivity index (χ0n) is 14.1. The number of unbranched alkanes of at least 4 members (excludes halogenated alkanes) is 1. The number of fused-ring (bicyclic) bond motifs is 1. The fraction of sp³-hybridized carbons (Fsp3) is 0.647. The van der Waals surface area contributed by atoms with Gasteiger partial charge in [0.25, 0.3) is 0 Å². The van der Waals surface area contributed by atoms with Gasteiger partial charge in [-0.25, -0.2) is 4.79 Å². The molecule has 1 aromatic heterocycles. The summed E-state index contributed by atoms with van der Waals surface area (Å²) in [5.41, 5.74) is 2.14. The van der Waals surface area contributed by atoms with E-state index in [2.05, 4.69) is 11.0 Å². The number of hydrogen-bond acceptors (Lipinski definition) is 4. The smallest absolute Gasteiger partial charge is 0.410 e. The number of terminal acetylenes is 1. The van der Waals surface area contributed by atoms with E-state index in [0.29, 0.717) is 32.5 Å². The number of ether oxygens (including phenoxy) is 1. The highest BCUT2D eigenvalue weighted by Gasteiger charge is 2.29. The highest BCUT2D eigenvalue weighted by molar-refractivity contribution is 5.68. The Kier molecular flexibility index (Phi) is 5.32. The highest BCUT2D eigenvalue weighted by atomic mass is 16.6. The molecule has 1 aromatic rings. The second-order valence-corrected chi connectivity index (χ2v) is 6.71. The molecule has 1 aliphatic rings. The maximum Gasteiger partial charge on any atom is 0.410 e. The first kappa shape index (κ1) is 17.4. The first-order valence-corrected chi connectivity index (χ1v) is 7.95. The van der Waals surface area contributed by atoms with E-state index in [9.17, 15) is 9.90 Å². The first-order chi connectivity index (χ1) is 10.9. The Morgan fingerprint density at radius 1 is 1.48 bits per heavy atom. The van der Waals surface area contributed by atoms with Gasteiger partial charge in [0.05, 0.1) is 24.5 Å². The van der Waals surface area contributed by atoms with Crippen LogP contribution in [-0.4, -0.2) is 38.0 Å². The number of hydrogen-bond donors (Lipinski definition) is 1. The molecule has 0 saturated carbocycles. The molecule has 0 aliphatic carbocycles. The summed E-state index contributed by atoms with van der Waals surface area (Å²) in [5, 5.41) is 14.3. The third-order valence-electron chi connectivity index (χ3n) is 3.71. The largest absolute Gasteiger partial charge is 0.444 e. The molecule has 0 radical (unpaired) electrons. The first-order valence-electron chi connectivity index (χ1n) is 7.95. The second-order valence-electron chi connectivity index (χ2n) is 6.71. The lowest BCUT2D eigenvalue weighted by Crippen LogP contribution is -2.40. The second kappa shape index (κ2) is 7.05. The number of aliphatic hydroxyl groups excluding tert-OH is 1. The SMILES string of the molecule is C#CCCCn1nc2c(c1CO)CN(C(=O)OC(C)(C)C)CC2. The van der Waals surface area contributed by atoms with Crippen LogP contribution >= 0.6 is 0 Å². The van der Waals surface area contributed by atoms with Crippen molar-refractivity contribution in [1.82, 2.24) is 14.7 Å². The van der Waals surface area contributed by atoms with Crippen molar-refractivity contribution >= 4 is 6.09 Å². The number of nitrogens with zero attached hydrogens (tertiary/aromatic N) is 3. The van der Waals surface area contributed by atoms with Crippen molar-refractivity contribution < 1.29 is 14.6 Å². The number of rotatable bonds is 4. The van der Waals surface area contributed by atoms with E-state index in [0.717, 1.165) is 23.4 Å². The van der Waals surface area contributed by atoms with Crippen molar-refractivity contribution in [1.29, 1.82) is 0 Å². The zero-order chi connectivity index (χ0) is 17.0. The van der Waals surface area contributed by atoms with Crippen LogP contribution in [0.15, 0.2) is 0 Å².